The molecule has 13 heavy (non-hydrogen) atoms. The molecule has 2 rings (SSSR count). The average Bonchev–Trinajstić information content (AvgIpc) is 2.30. The Balaban J connectivity index is 1.78. The van der Waals surface area contributed by atoms with Crippen molar-refractivity contribution in [3.05, 3.63) is 0 Å². The lowest BCUT2D eigenvalue weighted by molar-refractivity contribution is -0.0285. The van der Waals surface area contributed by atoms with Crippen molar-refractivity contribution in [3.8, 4) is 0 Å². The monoisotopic (exact) mass is 186 g/mol. The van der Waals surface area contributed by atoms with Crippen molar-refractivity contribution in [1.82, 2.24) is 10.6 Å². The summed E-state index contributed by atoms with van der Waals surface area (Å²) < 4.78 is 5.35. The summed E-state index contributed by atoms with van der Waals surface area (Å²) in [6.07, 6.45) is 0.717. The molecule has 0 saturated carbocycles. The molecule has 0 aromatic carbocycles. The highest BCUT2D eigenvalue weighted by atomic mass is 16.5. The Hall–Kier alpha value is -0.160. The maximum atomic E-state index is 10.1. The van der Waals surface area contributed by atoms with Gasteiger partial charge in [-0.25, -0.2) is 0 Å². The van der Waals surface area contributed by atoms with E-state index in [1.54, 1.807) is 0 Å². The van der Waals surface area contributed by atoms with Crippen LogP contribution in [0.3, 0.4) is 0 Å². The lowest BCUT2D eigenvalue weighted by Gasteiger charge is -2.33. The van der Waals surface area contributed by atoms with Crippen LogP contribution in [0, 0.1) is 0 Å². The van der Waals surface area contributed by atoms with E-state index in [-0.39, 0.29) is 6.10 Å². The van der Waals surface area contributed by atoms with Crippen molar-refractivity contribution < 1.29 is 9.84 Å². The number of rotatable bonds is 3. The van der Waals surface area contributed by atoms with Crippen molar-refractivity contribution in [2.75, 3.05) is 26.2 Å². The minimum atomic E-state index is -0.643. The molecule has 2 heterocycles. The third-order valence-electron chi connectivity index (χ3n) is 3.14. The minimum Gasteiger partial charge on any atom is -0.386 e. The molecule has 0 bridgehead atoms. The molecule has 0 aromatic rings. The molecule has 2 fully saturated rings. The molecular formula is C9H18N2O2. The number of nitrogens with one attached hydrogen (secondary N) is 2. The normalized spacial score (nSPS) is 40.6. The van der Waals surface area contributed by atoms with E-state index in [2.05, 4.69) is 10.6 Å². The summed E-state index contributed by atoms with van der Waals surface area (Å²) in [7, 11) is 0. The fraction of sp³-hybridized carbons (Fsp3) is 1.00. The summed E-state index contributed by atoms with van der Waals surface area (Å²) in [5.74, 6) is 0. The van der Waals surface area contributed by atoms with Crippen LogP contribution in [0.1, 0.15) is 13.3 Å². The van der Waals surface area contributed by atoms with Crippen LogP contribution in [0.15, 0.2) is 0 Å². The molecule has 2 aliphatic rings. The fourth-order valence-corrected chi connectivity index (χ4v) is 1.76. The molecule has 0 spiro atoms. The van der Waals surface area contributed by atoms with Crippen LogP contribution in [0.25, 0.3) is 0 Å². The van der Waals surface area contributed by atoms with Gasteiger partial charge in [-0.15, -0.1) is 0 Å². The molecule has 2 unspecified atom stereocenters. The van der Waals surface area contributed by atoms with E-state index < -0.39 is 5.60 Å². The summed E-state index contributed by atoms with van der Waals surface area (Å²) in [6, 6.07) is 0.539. The van der Waals surface area contributed by atoms with Crippen LogP contribution in [0.2, 0.25) is 0 Å². The van der Waals surface area contributed by atoms with Gasteiger partial charge in [0.05, 0.1) is 6.10 Å². The molecule has 2 saturated heterocycles. The smallest absolute Gasteiger partial charge is 0.105 e. The van der Waals surface area contributed by atoms with Crippen LogP contribution in [0.4, 0.5) is 0 Å². The Morgan fingerprint density at radius 3 is 2.85 bits per heavy atom. The van der Waals surface area contributed by atoms with E-state index in [1.165, 1.54) is 0 Å². The van der Waals surface area contributed by atoms with Gasteiger partial charge in [-0.3, -0.25) is 0 Å². The highest BCUT2D eigenvalue weighted by molar-refractivity contribution is 4.94. The van der Waals surface area contributed by atoms with Crippen molar-refractivity contribution in [2.45, 2.75) is 31.1 Å². The van der Waals surface area contributed by atoms with Gasteiger partial charge >= 0.3 is 0 Å². The van der Waals surface area contributed by atoms with E-state index in [1.807, 2.05) is 6.92 Å². The van der Waals surface area contributed by atoms with Gasteiger partial charge in [-0.1, -0.05) is 0 Å². The van der Waals surface area contributed by atoms with Crippen LogP contribution >= 0.6 is 0 Å². The molecule has 2 atom stereocenters. The lowest BCUT2D eigenvalue weighted by atomic mass is 9.96. The largest absolute Gasteiger partial charge is 0.386 e. The summed E-state index contributed by atoms with van der Waals surface area (Å²) in [4.78, 5) is 0. The molecule has 4 nitrogen and oxygen atoms in total. The van der Waals surface area contributed by atoms with Crippen molar-refractivity contribution in [1.29, 1.82) is 0 Å². The highest BCUT2D eigenvalue weighted by Gasteiger charge is 2.39. The van der Waals surface area contributed by atoms with Crippen LogP contribution < -0.4 is 10.6 Å². The standard InChI is InChI=1S/C9H18N2O2/c1-7-9(12,2-3-13-7)6-11-8-4-10-5-8/h7-8,10-12H,2-6H2,1H3. The minimum absolute atomic E-state index is 0.0342. The number of hydrogen-bond acceptors (Lipinski definition) is 4. The van der Waals surface area contributed by atoms with Gasteiger partial charge in [0.15, 0.2) is 0 Å². The summed E-state index contributed by atoms with van der Waals surface area (Å²) in [6.45, 7) is 5.31. The third-order valence-corrected chi connectivity index (χ3v) is 3.14. The van der Waals surface area contributed by atoms with Gasteiger partial charge in [-0.2, -0.15) is 0 Å². The maximum Gasteiger partial charge on any atom is 0.105 e. The molecule has 0 aliphatic carbocycles. The van der Waals surface area contributed by atoms with E-state index in [0.29, 0.717) is 19.2 Å². The Morgan fingerprint density at radius 2 is 2.38 bits per heavy atom. The molecule has 3 N–H and O–H groups in total. The predicted octanol–water partition coefficient (Wildman–Crippen LogP) is -0.912. The van der Waals surface area contributed by atoms with Gasteiger partial charge in [-0.05, 0) is 6.92 Å². The molecular weight excluding hydrogens is 168 g/mol. The Bertz CT molecular complexity index is 184. The van der Waals surface area contributed by atoms with Crippen molar-refractivity contribution in [2.24, 2.45) is 0 Å². The first kappa shape index (κ1) is 9.40. The zero-order valence-corrected chi connectivity index (χ0v) is 8.05. The van der Waals surface area contributed by atoms with E-state index in [4.69, 9.17) is 4.74 Å². The van der Waals surface area contributed by atoms with Crippen molar-refractivity contribution in [3.63, 3.8) is 0 Å². The van der Waals surface area contributed by atoms with Gasteiger partial charge in [0, 0.05) is 38.7 Å². The van der Waals surface area contributed by atoms with Gasteiger partial charge in [0.2, 0.25) is 0 Å². The summed E-state index contributed by atoms with van der Waals surface area (Å²) in [5.41, 5.74) is -0.643. The Labute approximate surface area is 78.7 Å². The number of aliphatic hydroxyl groups is 1. The summed E-state index contributed by atoms with van der Waals surface area (Å²) in [5, 5.41) is 16.6. The first-order valence-corrected chi connectivity index (χ1v) is 4.99. The van der Waals surface area contributed by atoms with E-state index >= 15 is 0 Å². The molecule has 0 amide bonds. The topological polar surface area (TPSA) is 53.5 Å². The van der Waals surface area contributed by atoms with Crippen LogP contribution in [-0.2, 0) is 4.74 Å². The van der Waals surface area contributed by atoms with Gasteiger partial charge < -0.3 is 20.5 Å². The molecule has 0 radical (unpaired) electrons. The second-order valence-corrected chi connectivity index (χ2v) is 4.10. The number of hydrogen-bond donors (Lipinski definition) is 3. The Morgan fingerprint density at radius 1 is 1.62 bits per heavy atom. The molecule has 0 aromatic heterocycles. The van der Waals surface area contributed by atoms with Crippen LogP contribution in [-0.4, -0.2) is 49.1 Å². The van der Waals surface area contributed by atoms with Crippen molar-refractivity contribution >= 4 is 0 Å². The van der Waals surface area contributed by atoms with E-state index in [0.717, 1.165) is 19.5 Å². The first-order chi connectivity index (χ1) is 6.21. The van der Waals surface area contributed by atoms with Gasteiger partial charge in [0.25, 0.3) is 0 Å². The Kier molecular flexibility index (Phi) is 2.55. The second-order valence-electron chi connectivity index (χ2n) is 4.10. The summed E-state index contributed by atoms with van der Waals surface area (Å²) >= 11 is 0. The second kappa shape index (κ2) is 3.53. The maximum absolute atomic E-state index is 10.1. The zero-order valence-electron chi connectivity index (χ0n) is 8.05. The van der Waals surface area contributed by atoms with Gasteiger partial charge in [0.1, 0.15) is 5.60 Å². The number of ether oxygens (including phenoxy) is 1. The average molecular weight is 186 g/mol. The highest BCUT2D eigenvalue weighted by Crippen LogP contribution is 2.24. The molecule has 2 aliphatic heterocycles. The first-order valence-electron chi connectivity index (χ1n) is 4.99. The lowest BCUT2D eigenvalue weighted by Crippen LogP contribution is -2.59. The third kappa shape index (κ3) is 1.86. The van der Waals surface area contributed by atoms with Crippen LogP contribution in [0.5, 0.6) is 0 Å². The SMILES string of the molecule is CC1OCCC1(O)CNC1CNC1. The van der Waals surface area contributed by atoms with E-state index in [9.17, 15) is 5.11 Å². The fourth-order valence-electron chi connectivity index (χ4n) is 1.76. The predicted molar refractivity (Wildman–Crippen MR) is 49.6 cm³/mol. The quantitative estimate of drug-likeness (QED) is 0.534. The molecule has 76 valence electrons. The molecule has 4 heteroatoms. The zero-order chi connectivity index (χ0) is 9.31.